The van der Waals surface area contributed by atoms with Crippen LogP contribution in [0.2, 0.25) is 0 Å². The average molecular weight is 310 g/mol. The van der Waals surface area contributed by atoms with Gasteiger partial charge in [0.05, 0.1) is 0 Å². The van der Waals surface area contributed by atoms with Gasteiger partial charge in [-0.3, -0.25) is 4.79 Å². The molecule has 0 aliphatic carbocycles. The minimum atomic E-state index is -0.306. The normalized spacial score (nSPS) is 12.1. The summed E-state index contributed by atoms with van der Waals surface area (Å²) in [7, 11) is 0. The Morgan fingerprint density at radius 3 is 2.22 bits per heavy atom. The van der Waals surface area contributed by atoms with Crippen LogP contribution in [-0.4, -0.2) is 11.9 Å². The van der Waals surface area contributed by atoms with Crippen LogP contribution < -0.4 is 10.6 Å². The Morgan fingerprint density at radius 2 is 1.61 bits per heavy atom. The lowest BCUT2D eigenvalue weighted by Crippen LogP contribution is -2.32. The highest BCUT2D eigenvalue weighted by atomic mass is 16.2. The Bertz CT molecular complexity index is 675. The number of hydrogen-bond acceptors (Lipinski definition) is 2. The van der Waals surface area contributed by atoms with Crippen LogP contribution in [0.15, 0.2) is 42.5 Å². The van der Waals surface area contributed by atoms with Gasteiger partial charge in [-0.2, -0.15) is 0 Å². The van der Waals surface area contributed by atoms with Gasteiger partial charge in [0.2, 0.25) is 5.91 Å². The zero-order valence-corrected chi connectivity index (χ0v) is 14.6. The van der Waals surface area contributed by atoms with E-state index in [9.17, 15) is 4.79 Å². The van der Waals surface area contributed by atoms with Crippen LogP contribution in [0.4, 0.5) is 11.4 Å². The van der Waals surface area contributed by atoms with Gasteiger partial charge in [0.15, 0.2) is 0 Å². The van der Waals surface area contributed by atoms with E-state index in [1.165, 1.54) is 11.1 Å². The summed E-state index contributed by atoms with van der Waals surface area (Å²) in [5, 5.41) is 6.25. The smallest absolute Gasteiger partial charge is 0.246 e. The van der Waals surface area contributed by atoms with Gasteiger partial charge in [0.25, 0.3) is 0 Å². The molecule has 0 aliphatic rings. The molecule has 2 aromatic carbocycles. The van der Waals surface area contributed by atoms with Crippen molar-refractivity contribution in [2.24, 2.45) is 0 Å². The summed E-state index contributed by atoms with van der Waals surface area (Å²) in [6.07, 6.45) is 0. The van der Waals surface area contributed by atoms with E-state index in [0.29, 0.717) is 5.92 Å². The molecule has 122 valence electrons. The van der Waals surface area contributed by atoms with Crippen molar-refractivity contribution in [1.82, 2.24) is 0 Å². The van der Waals surface area contributed by atoms with Crippen molar-refractivity contribution in [1.29, 1.82) is 0 Å². The Hall–Kier alpha value is -2.29. The molecule has 2 rings (SSSR count). The Labute approximate surface area is 139 Å². The van der Waals surface area contributed by atoms with Crippen LogP contribution >= 0.6 is 0 Å². The average Bonchev–Trinajstić information content (AvgIpc) is 2.52. The highest BCUT2D eigenvalue weighted by Crippen LogP contribution is 2.20. The summed E-state index contributed by atoms with van der Waals surface area (Å²) in [4.78, 5) is 12.4. The molecule has 1 atom stereocenters. The number of amides is 1. The van der Waals surface area contributed by atoms with E-state index in [-0.39, 0.29) is 11.9 Å². The first-order valence-electron chi connectivity index (χ1n) is 8.12. The topological polar surface area (TPSA) is 41.1 Å². The van der Waals surface area contributed by atoms with Crippen molar-refractivity contribution in [2.75, 3.05) is 10.6 Å². The third-order valence-electron chi connectivity index (χ3n) is 4.22. The SMILES string of the molecule is Cc1cccc(NC(=O)C(C)Nc2ccc(C(C)C)cc2)c1C. The second kappa shape index (κ2) is 7.32. The first kappa shape index (κ1) is 17.1. The number of carbonyl (C=O) groups excluding carboxylic acids is 1. The molecule has 0 radical (unpaired) electrons. The molecule has 0 aromatic heterocycles. The molecule has 0 saturated heterocycles. The van der Waals surface area contributed by atoms with Gasteiger partial charge in [-0.1, -0.05) is 38.1 Å². The van der Waals surface area contributed by atoms with Crippen molar-refractivity contribution in [3.8, 4) is 0 Å². The minimum absolute atomic E-state index is 0.0355. The summed E-state index contributed by atoms with van der Waals surface area (Å²) in [6.45, 7) is 10.3. The van der Waals surface area contributed by atoms with Gasteiger partial charge < -0.3 is 10.6 Å². The molecular formula is C20H26N2O. The summed E-state index contributed by atoms with van der Waals surface area (Å²) >= 11 is 0. The third kappa shape index (κ3) is 4.35. The first-order chi connectivity index (χ1) is 10.9. The number of rotatable bonds is 5. The van der Waals surface area contributed by atoms with Crippen molar-refractivity contribution >= 4 is 17.3 Å². The van der Waals surface area contributed by atoms with Gasteiger partial charge in [0.1, 0.15) is 6.04 Å². The molecule has 1 amide bonds. The Morgan fingerprint density at radius 1 is 0.957 bits per heavy atom. The maximum Gasteiger partial charge on any atom is 0.246 e. The lowest BCUT2D eigenvalue weighted by Gasteiger charge is -2.17. The maximum atomic E-state index is 12.4. The standard InChI is InChI=1S/C20H26N2O/c1-13(2)17-9-11-18(12-10-17)21-16(5)20(23)22-19-8-6-7-14(3)15(19)4/h6-13,16,21H,1-5H3,(H,22,23). The predicted octanol–water partition coefficient (Wildman–Crippen LogP) is 4.87. The monoisotopic (exact) mass is 310 g/mol. The fourth-order valence-electron chi connectivity index (χ4n) is 2.41. The first-order valence-corrected chi connectivity index (χ1v) is 8.12. The lowest BCUT2D eigenvalue weighted by molar-refractivity contribution is -0.116. The van der Waals surface area contributed by atoms with Crippen LogP contribution in [0.1, 0.15) is 43.4 Å². The Kier molecular flexibility index (Phi) is 5.43. The molecule has 0 spiro atoms. The maximum absolute atomic E-state index is 12.4. The molecule has 2 N–H and O–H groups in total. The van der Waals surface area contributed by atoms with Gasteiger partial charge in [-0.15, -0.1) is 0 Å². The molecule has 2 aromatic rings. The highest BCUT2D eigenvalue weighted by Gasteiger charge is 2.14. The van der Waals surface area contributed by atoms with Crippen LogP contribution in [0.3, 0.4) is 0 Å². The number of benzene rings is 2. The third-order valence-corrected chi connectivity index (χ3v) is 4.22. The molecule has 3 heteroatoms. The van der Waals surface area contributed by atoms with Crippen molar-refractivity contribution in [2.45, 2.75) is 46.6 Å². The molecule has 23 heavy (non-hydrogen) atoms. The lowest BCUT2D eigenvalue weighted by atomic mass is 10.0. The van der Waals surface area contributed by atoms with Gasteiger partial charge in [0, 0.05) is 11.4 Å². The number of hydrogen-bond donors (Lipinski definition) is 2. The quantitative estimate of drug-likeness (QED) is 0.827. The molecule has 0 heterocycles. The molecule has 0 aliphatic heterocycles. The molecule has 0 bridgehead atoms. The van der Waals surface area contributed by atoms with E-state index in [4.69, 9.17) is 0 Å². The largest absolute Gasteiger partial charge is 0.374 e. The minimum Gasteiger partial charge on any atom is -0.374 e. The number of anilines is 2. The number of nitrogens with one attached hydrogen (secondary N) is 2. The fourth-order valence-corrected chi connectivity index (χ4v) is 2.41. The molecule has 0 saturated carbocycles. The van der Waals surface area contributed by atoms with Gasteiger partial charge >= 0.3 is 0 Å². The zero-order valence-electron chi connectivity index (χ0n) is 14.6. The van der Waals surface area contributed by atoms with E-state index in [0.717, 1.165) is 16.9 Å². The molecular weight excluding hydrogens is 284 g/mol. The second-order valence-corrected chi connectivity index (χ2v) is 6.38. The highest BCUT2D eigenvalue weighted by molar-refractivity contribution is 5.96. The molecule has 0 fully saturated rings. The zero-order chi connectivity index (χ0) is 17.0. The van der Waals surface area contributed by atoms with E-state index in [1.807, 2.05) is 51.1 Å². The van der Waals surface area contributed by atoms with Crippen molar-refractivity contribution in [3.63, 3.8) is 0 Å². The Balaban J connectivity index is 2.01. The number of carbonyl (C=O) groups is 1. The van der Waals surface area contributed by atoms with Crippen LogP contribution in [0.5, 0.6) is 0 Å². The molecule has 1 unspecified atom stereocenters. The number of aryl methyl sites for hydroxylation is 1. The summed E-state index contributed by atoms with van der Waals surface area (Å²) < 4.78 is 0. The fraction of sp³-hybridized carbons (Fsp3) is 0.350. The summed E-state index contributed by atoms with van der Waals surface area (Å²) in [6, 6.07) is 13.9. The van der Waals surface area contributed by atoms with Crippen LogP contribution in [0, 0.1) is 13.8 Å². The van der Waals surface area contributed by atoms with Gasteiger partial charge in [-0.25, -0.2) is 0 Å². The molecule has 3 nitrogen and oxygen atoms in total. The predicted molar refractivity (Wildman–Crippen MR) is 98.2 cm³/mol. The van der Waals surface area contributed by atoms with Crippen molar-refractivity contribution in [3.05, 3.63) is 59.2 Å². The van der Waals surface area contributed by atoms with E-state index in [2.05, 4.69) is 36.6 Å². The van der Waals surface area contributed by atoms with E-state index in [1.54, 1.807) is 0 Å². The van der Waals surface area contributed by atoms with Crippen LogP contribution in [0.25, 0.3) is 0 Å². The van der Waals surface area contributed by atoms with Crippen molar-refractivity contribution < 1.29 is 4.79 Å². The summed E-state index contributed by atoms with van der Waals surface area (Å²) in [5.74, 6) is 0.473. The van der Waals surface area contributed by atoms with E-state index >= 15 is 0 Å². The second-order valence-electron chi connectivity index (χ2n) is 6.38. The van der Waals surface area contributed by atoms with Crippen LogP contribution in [-0.2, 0) is 4.79 Å². The van der Waals surface area contributed by atoms with Gasteiger partial charge in [-0.05, 0) is 61.6 Å². The summed E-state index contributed by atoms with van der Waals surface area (Å²) in [5.41, 5.74) is 5.40. The van der Waals surface area contributed by atoms with E-state index < -0.39 is 0 Å².